The molecule has 0 saturated heterocycles. The Morgan fingerprint density at radius 1 is 1.25 bits per heavy atom. The predicted octanol–water partition coefficient (Wildman–Crippen LogP) is 2.29. The Kier molecular flexibility index (Phi) is 11.9. The number of nitrogens with zero attached hydrogens (tertiary/aromatic N) is 1. The number of rotatable bonds is 6. The van der Waals surface area contributed by atoms with Gasteiger partial charge in [-0.15, -0.1) is 24.8 Å². The molecule has 0 aromatic heterocycles. The lowest BCUT2D eigenvalue weighted by Crippen LogP contribution is -2.46. The van der Waals surface area contributed by atoms with Crippen LogP contribution in [-0.4, -0.2) is 38.5 Å². The van der Waals surface area contributed by atoms with Crippen molar-refractivity contribution in [2.45, 2.75) is 19.9 Å². The van der Waals surface area contributed by atoms with Crippen LogP contribution >= 0.6 is 36.4 Å². The number of amides is 2. The molecule has 0 radical (unpaired) electrons. The number of nitrogens with one attached hydrogen (secondary N) is 2. The molecule has 24 heavy (non-hydrogen) atoms. The van der Waals surface area contributed by atoms with Gasteiger partial charge in [-0.3, -0.25) is 9.59 Å². The van der Waals surface area contributed by atoms with Crippen LogP contribution in [0.1, 0.15) is 13.8 Å². The summed E-state index contributed by atoms with van der Waals surface area (Å²) in [5.74, 6) is -0.671. The van der Waals surface area contributed by atoms with Crippen LogP contribution in [0.15, 0.2) is 18.2 Å². The number of hydrogen-bond donors (Lipinski definition) is 3. The lowest BCUT2D eigenvalue weighted by Gasteiger charge is -2.20. The number of carbonyl (C=O) groups is 2. The van der Waals surface area contributed by atoms with Gasteiger partial charge in [-0.05, 0) is 18.1 Å². The molecule has 0 saturated carbocycles. The van der Waals surface area contributed by atoms with Crippen molar-refractivity contribution in [1.82, 2.24) is 5.32 Å². The lowest BCUT2D eigenvalue weighted by molar-refractivity contribution is -0.125. The summed E-state index contributed by atoms with van der Waals surface area (Å²) in [6.07, 6.45) is 0. The summed E-state index contributed by atoms with van der Waals surface area (Å²) in [7, 11) is 3.67. The van der Waals surface area contributed by atoms with Gasteiger partial charge in [0.15, 0.2) is 0 Å². The molecule has 0 aliphatic heterocycles. The first-order valence-electron chi connectivity index (χ1n) is 7.03. The second-order valence-electron chi connectivity index (χ2n) is 5.57. The zero-order valence-corrected chi connectivity index (χ0v) is 16.5. The van der Waals surface area contributed by atoms with Crippen LogP contribution in [0.3, 0.4) is 0 Å². The summed E-state index contributed by atoms with van der Waals surface area (Å²) in [6.45, 7) is 3.55. The van der Waals surface area contributed by atoms with Crippen LogP contribution in [-0.2, 0) is 9.59 Å². The van der Waals surface area contributed by atoms with E-state index in [1.807, 2.05) is 32.8 Å². The number of para-hydroxylation sites is 1. The van der Waals surface area contributed by atoms with Crippen molar-refractivity contribution in [3.05, 3.63) is 23.2 Å². The average Bonchev–Trinajstić information content (AvgIpc) is 2.43. The molecule has 0 aliphatic carbocycles. The summed E-state index contributed by atoms with van der Waals surface area (Å²) in [4.78, 5) is 25.5. The Balaban J connectivity index is 0. The zero-order chi connectivity index (χ0) is 16.9. The third kappa shape index (κ3) is 7.13. The minimum atomic E-state index is -0.628. The second-order valence-corrected chi connectivity index (χ2v) is 5.97. The molecular weight excluding hydrogens is 375 g/mol. The second kappa shape index (κ2) is 11.4. The average molecular weight is 400 g/mol. The molecule has 6 nitrogen and oxygen atoms in total. The molecule has 0 spiro atoms. The molecule has 1 rings (SSSR count). The number of benzene rings is 1. The summed E-state index contributed by atoms with van der Waals surface area (Å²) < 4.78 is 0. The molecule has 138 valence electrons. The van der Waals surface area contributed by atoms with Gasteiger partial charge >= 0.3 is 0 Å². The SMILES string of the molecule is CC(C)[C@H](N)C(=O)NCC(=O)Nc1cccc(Cl)c1N(C)C.Cl.Cl. The minimum absolute atomic E-state index is 0. The zero-order valence-electron chi connectivity index (χ0n) is 14.1. The summed E-state index contributed by atoms with van der Waals surface area (Å²) in [6, 6.07) is 4.62. The summed E-state index contributed by atoms with van der Waals surface area (Å²) in [5.41, 5.74) is 7.01. The van der Waals surface area contributed by atoms with Crippen molar-refractivity contribution in [1.29, 1.82) is 0 Å². The van der Waals surface area contributed by atoms with E-state index >= 15 is 0 Å². The molecule has 0 bridgehead atoms. The van der Waals surface area contributed by atoms with Gasteiger partial charge in [0.1, 0.15) is 0 Å². The number of hydrogen-bond acceptors (Lipinski definition) is 4. The van der Waals surface area contributed by atoms with Gasteiger partial charge in [-0.2, -0.15) is 0 Å². The first-order valence-corrected chi connectivity index (χ1v) is 7.40. The van der Waals surface area contributed by atoms with Crippen molar-refractivity contribution in [3.8, 4) is 0 Å². The third-order valence-electron chi connectivity index (χ3n) is 3.15. The van der Waals surface area contributed by atoms with Gasteiger partial charge in [-0.1, -0.05) is 31.5 Å². The van der Waals surface area contributed by atoms with Crippen LogP contribution < -0.4 is 21.3 Å². The van der Waals surface area contributed by atoms with Gasteiger partial charge < -0.3 is 21.3 Å². The molecule has 1 aromatic rings. The summed E-state index contributed by atoms with van der Waals surface area (Å²) >= 11 is 6.13. The highest BCUT2D eigenvalue weighted by Crippen LogP contribution is 2.32. The van der Waals surface area contributed by atoms with Crippen LogP contribution in [0, 0.1) is 5.92 Å². The smallest absolute Gasteiger partial charge is 0.243 e. The molecular formula is C15H25Cl3N4O2. The van der Waals surface area contributed by atoms with Crippen LogP contribution in [0.4, 0.5) is 11.4 Å². The van der Waals surface area contributed by atoms with Crippen LogP contribution in [0.25, 0.3) is 0 Å². The highest BCUT2D eigenvalue weighted by molar-refractivity contribution is 6.34. The van der Waals surface area contributed by atoms with Gasteiger partial charge in [0.2, 0.25) is 11.8 Å². The Morgan fingerprint density at radius 2 is 1.83 bits per heavy atom. The maximum atomic E-state index is 12.0. The fraction of sp³-hybridized carbons (Fsp3) is 0.467. The van der Waals surface area contributed by atoms with Crippen molar-refractivity contribution in [3.63, 3.8) is 0 Å². The predicted molar refractivity (Wildman–Crippen MR) is 105 cm³/mol. The van der Waals surface area contributed by atoms with Gasteiger partial charge in [0.25, 0.3) is 0 Å². The van der Waals surface area contributed by atoms with E-state index in [0.29, 0.717) is 16.4 Å². The fourth-order valence-corrected chi connectivity index (χ4v) is 2.20. The summed E-state index contributed by atoms with van der Waals surface area (Å²) in [5, 5.41) is 5.80. The van der Waals surface area contributed by atoms with E-state index in [0.717, 1.165) is 0 Å². The van der Waals surface area contributed by atoms with E-state index in [1.54, 1.807) is 18.2 Å². The molecule has 0 heterocycles. The van der Waals surface area contributed by atoms with E-state index in [1.165, 1.54) is 0 Å². The van der Waals surface area contributed by atoms with Gasteiger partial charge in [-0.25, -0.2) is 0 Å². The van der Waals surface area contributed by atoms with Crippen LogP contribution in [0.5, 0.6) is 0 Å². The maximum absolute atomic E-state index is 12.0. The standard InChI is InChI=1S/C15H23ClN4O2.2ClH/c1-9(2)13(17)15(22)18-8-12(21)19-11-7-5-6-10(16)14(11)20(3)4;;/h5-7,9,13H,8,17H2,1-4H3,(H,18,22)(H,19,21);2*1H/t13-;;/m0../s1. The maximum Gasteiger partial charge on any atom is 0.243 e. The van der Waals surface area contributed by atoms with Crippen LogP contribution in [0.2, 0.25) is 5.02 Å². The van der Waals surface area contributed by atoms with Crippen molar-refractivity contribution >= 4 is 59.6 Å². The van der Waals surface area contributed by atoms with Crippen molar-refractivity contribution in [2.75, 3.05) is 30.9 Å². The van der Waals surface area contributed by atoms with Gasteiger partial charge in [0.05, 0.1) is 29.0 Å². The first-order chi connectivity index (χ1) is 10.2. The van der Waals surface area contributed by atoms with Gasteiger partial charge in [0, 0.05) is 14.1 Å². The van der Waals surface area contributed by atoms with E-state index in [2.05, 4.69) is 10.6 Å². The van der Waals surface area contributed by atoms with Crippen molar-refractivity contribution in [2.24, 2.45) is 11.7 Å². The van der Waals surface area contributed by atoms with Crippen molar-refractivity contribution < 1.29 is 9.59 Å². The molecule has 2 amide bonds. The number of carbonyl (C=O) groups excluding carboxylic acids is 2. The minimum Gasteiger partial charge on any atom is -0.375 e. The number of anilines is 2. The monoisotopic (exact) mass is 398 g/mol. The Morgan fingerprint density at radius 3 is 2.33 bits per heavy atom. The molecule has 4 N–H and O–H groups in total. The topological polar surface area (TPSA) is 87.5 Å². The largest absolute Gasteiger partial charge is 0.375 e. The quantitative estimate of drug-likeness (QED) is 0.685. The Bertz CT molecular complexity index is 554. The highest BCUT2D eigenvalue weighted by atomic mass is 35.5. The molecule has 1 atom stereocenters. The third-order valence-corrected chi connectivity index (χ3v) is 3.46. The number of halogens is 3. The molecule has 0 aliphatic rings. The molecule has 0 fully saturated rings. The normalized spacial score (nSPS) is 11.0. The molecule has 1 aromatic carbocycles. The van der Waals surface area contributed by atoms with E-state index in [4.69, 9.17) is 17.3 Å². The Labute approximate surface area is 160 Å². The van der Waals surface area contributed by atoms with E-state index in [-0.39, 0.29) is 49.1 Å². The number of nitrogens with two attached hydrogens (primary N) is 1. The molecule has 0 unspecified atom stereocenters. The lowest BCUT2D eigenvalue weighted by atomic mass is 10.1. The molecule has 9 heteroatoms. The fourth-order valence-electron chi connectivity index (χ4n) is 1.85. The Hall–Kier alpha value is -1.21. The first kappa shape index (κ1) is 25.0. The highest BCUT2D eigenvalue weighted by Gasteiger charge is 2.18. The van der Waals surface area contributed by atoms with E-state index < -0.39 is 6.04 Å². The van der Waals surface area contributed by atoms with E-state index in [9.17, 15) is 9.59 Å².